The summed E-state index contributed by atoms with van der Waals surface area (Å²) in [6.07, 6.45) is 0. The molecule has 0 atom stereocenters. The Morgan fingerprint density at radius 1 is 0.969 bits per heavy atom. The molecule has 32 heavy (non-hydrogen) atoms. The molecule has 1 saturated heterocycles. The third-order valence-electron chi connectivity index (χ3n) is 5.21. The third kappa shape index (κ3) is 4.74. The number of rotatable bonds is 6. The molecule has 0 saturated carbocycles. The van der Waals surface area contributed by atoms with E-state index in [1.54, 1.807) is 18.2 Å². The lowest BCUT2D eigenvalue weighted by Gasteiger charge is -2.26. The Morgan fingerprint density at radius 2 is 1.69 bits per heavy atom. The molecule has 2 aromatic carbocycles. The van der Waals surface area contributed by atoms with Gasteiger partial charge in [-0.15, -0.1) is 10.2 Å². The molecule has 0 radical (unpaired) electrons. The van der Waals surface area contributed by atoms with Crippen molar-refractivity contribution in [3.8, 4) is 17.0 Å². The summed E-state index contributed by atoms with van der Waals surface area (Å²) in [7, 11) is -2.27. The SMILES string of the molecule is COc1ccc(-c2ccc(Nc3cc(C)cc(C)c3)nn2)cc1S(=O)(=O)N1CCOCC1. The molecular formula is C23H26N4O4S. The van der Waals surface area contributed by atoms with E-state index in [1.165, 1.54) is 11.4 Å². The maximum Gasteiger partial charge on any atom is 0.246 e. The van der Waals surface area contributed by atoms with Crippen molar-refractivity contribution in [3.05, 3.63) is 59.7 Å². The lowest BCUT2D eigenvalue weighted by molar-refractivity contribution is 0.0729. The van der Waals surface area contributed by atoms with Gasteiger partial charge < -0.3 is 14.8 Å². The summed E-state index contributed by atoms with van der Waals surface area (Å²) in [6, 6.07) is 14.8. The van der Waals surface area contributed by atoms with Crippen molar-refractivity contribution in [1.82, 2.24) is 14.5 Å². The Bertz CT molecular complexity index is 1190. The normalized spacial score (nSPS) is 14.8. The van der Waals surface area contributed by atoms with Crippen LogP contribution in [0.3, 0.4) is 0 Å². The Morgan fingerprint density at radius 3 is 2.31 bits per heavy atom. The standard InChI is InChI=1S/C23H26N4O4S/c1-16-12-17(2)14-19(13-16)24-23-7-5-20(25-26-23)18-4-6-21(30-3)22(15-18)32(28,29)27-8-10-31-11-9-27/h4-7,12-15H,8-11H2,1-3H3,(H,24,26). The summed E-state index contributed by atoms with van der Waals surface area (Å²) in [5, 5.41) is 11.8. The fourth-order valence-corrected chi connectivity index (χ4v) is 5.30. The number of hydrogen-bond acceptors (Lipinski definition) is 7. The van der Waals surface area contributed by atoms with Crippen LogP contribution in [0, 0.1) is 13.8 Å². The number of aromatic nitrogens is 2. The second-order valence-corrected chi connectivity index (χ2v) is 9.59. The van der Waals surface area contributed by atoms with Gasteiger partial charge in [0.2, 0.25) is 10.0 Å². The molecule has 3 aromatic rings. The zero-order valence-electron chi connectivity index (χ0n) is 18.3. The summed E-state index contributed by atoms with van der Waals surface area (Å²) in [6.45, 7) is 5.46. The van der Waals surface area contributed by atoms with Crippen LogP contribution >= 0.6 is 0 Å². The van der Waals surface area contributed by atoms with E-state index in [2.05, 4.69) is 21.6 Å². The predicted molar refractivity (Wildman–Crippen MR) is 123 cm³/mol. The average molecular weight is 455 g/mol. The van der Waals surface area contributed by atoms with Gasteiger partial charge in [-0.25, -0.2) is 8.42 Å². The van der Waals surface area contributed by atoms with Crippen LogP contribution in [-0.4, -0.2) is 56.3 Å². The number of nitrogens with one attached hydrogen (secondary N) is 1. The molecule has 0 amide bonds. The molecule has 8 nitrogen and oxygen atoms in total. The van der Waals surface area contributed by atoms with E-state index in [9.17, 15) is 8.42 Å². The van der Waals surface area contributed by atoms with Crippen molar-refractivity contribution in [1.29, 1.82) is 0 Å². The highest BCUT2D eigenvalue weighted by atomic mass is 32.2. The van der Waals surface area contributed by atoms with Crippen LogP contribution in [0.1, 0.15) is 11.1 Å². The molecule has 9 heteroatoms. The van der Waals surface area contributed by atoms with Crippen LogP contribution in [0.4, 0.5) is 11.5 Å². The topological polar surface area (TPSA) is 93.7 Å². The Hall–Kier alpha value is -3.01. The summed E-state index contributed by atoms with van der Waals surface area (Å²) in [4.78, 5) is 0.110. The lowest BCUT2D eigenvalue weighted by Crippen LogP contribution is -2.40. The summed E-state index contributed by atoms with van der Waals surface area (Å²) < 4.78 is 38.5. The van der Waals surface area contributed by atoms with Gasteiger partial charge in [-0.2, -0.15) is 4.31 Å². The number of sulfonamides is 1. The Balaban J connectivity index is 1.61. The number of anilines is 2. The zero-order chi connectivity index (χ0) is 22.7. The van der Waals surface area contributed by atoms with Crippen LogP contribution in [0.2, 0.25) is 0 Å². The number of morpholine rings is 1. The van der Waals surface area contributed by atoms with E-state index in [0.717, 1.165) is 16.8 Å². The highest BCUT2D eigenvalue weighted by Crippen LogP contribution is 2.32. The predicted octanol–water partition coefficient (Wildman–Crippen LogP) is 3.53. The number of nitrogens with zero attached hydrogens (tertiary/aromatic N) is 3. The highest BCUT2D eigenvalue weighted by Gasteiger charge is 2.29. The van der Waals surface area contributed by atoms with Crippen LogP contribution in [0.5, 0.6) is 5.75 Å². The van der Waals surface area contributed by atoms with Crippen molar-refractivity contribution >= 4 is 21.5 Å². The third-order valence-corrected chi connectivity index (χ3v) is 7.13. The maximum absolute atomic E-state index is 13.2. The molecule has 2 heterocycles. The zero-order valence-corrected chi connectivity index (χ0v) is 19.1. The molecule has 1 N–H and O–H groups in total. The van der Waals surface area contributed by atoms with E-state index in [-0.39, 0.29) is 4.90 Å². The van der Waals surface area contributed by atoms with Crippen molar-refractivity contribution in [2.24, 2.45) is 0 Å². The molecule has 1 aromatic heterocycles. The first kappa shape index (κ1) is 22.2. The molecule has 1 aliphatic rings. The molecule has 0 bridgehead atoms. The molecule has 168 valence electrons. The number of hydrogen-bond donors (Lipinski definition) is 1. The fraction of sp³-hybridized carbons (Fsp3) is 0.304. The Kier molecular flexibility index (Phi) is 6.40. The summed E-state index contributed by atoms with van der Waals surface area (Å²) >= 11 is 0. The van der Waals surface area contributed by atoms with Crippen molar-refractivity contribution in [3.63, 3.8) is 0 Å². The summed E-state index contributed by atoms with van der Waals surface area (Å²) in [5.74, 6) is 0.898. The van der Waals surface area contributed by atoms with Gasteiger partial charge in [0.05, 0.1) is 26.0 Å². The Labute approximate surface area is 188 Å². The molecule has 1 fully saturated rings. The number of benzene rings is 2. The van der Waals surface area contributed by atoms with Crippen LogP contribution in [0.15, 0.2) is 53.4 Å². The van der Waals surface area contributed by atoms with Crippen LogP contribution < -0.4 is 10.1 Å². The van der Waals surface area contributed by atoms with E-state index in [0.29, 0.717) is 49.1 Å². The van der Waals surface area contributed by atoms with Gasteiger partial charge in [-0.3, -0.25) is 0 Å². The first-order valence-corrected chi connectivity index (χ1v) is 11.8. The molecule has 4 rings (SSSR count). The smallest absolute Gasteiger partial charge is 0.246 e. The first-order valence-electron chi connectivity index (χ1n) is 10.3. The second kappa shape index (κ2) is 9.23. The molecule has 0 aliphatic carbocycles. The van der Waals surface area contributed by atoms with Gasteiger partial charge >= 0.3 is 0 Å². The molecule has 1 aliphatic heterocycles. The second-order valence-electron chi connectivity index (χ2n) is 7.69. The van der Waals surface area contributed by atoms with Crippen molar-refractivity contribution in [2.75, 3.05) is 38.7 Å². The fourth-order valence-electron chi connectivity index (χ4n) is 3.71. The minimum Gasteiger partial charge on any atom is -0.495 e. The highest BCUT2D eigenvalue weighted by molar-refractivity contribution is 7.89. The van der Waals surface area contributed by atoms with E-state index >= 15 is 0 Å². The van der Waals surface area contributed by atoms with Crippen LogP contribution in [-0.2, 0) is 14.8 Å². The quantitative estimate of drug-likeness (QED) is 0.609. The van der Waals surface area contributed by atoms with Gasteiger partial charge in [0.1, 0.15) is 10.6 Å². The van der Waals surface area contributed by atoms with Crippen LogP contribution in [0.25, 0.3) is 11.3 Å². The molecule has 0 spiro atoms. The van der Waals surface area contributed by atoms with Crippen molar-refractivity contribution < 1.29 is 17.9 Å². The minimum absolute atomic E-state index is 0.110. The largest absolute Gasteiger partial charge is 0.495 e. The van der Waals surface area contributed by atoms with Gasteiger partial charge in [0.15, 0.2) is 5.82 Å². The van der Waals surface area contributed by atoms with Gasteiger partial charge in [-0.1, -0.05) is 6.07 Å². The van der Waals surface area contributed by atoms with Gasteiger partial charge in [-0.05, 0) is 67.4 Å². The number of methoxy groups -OCH3 is 1. The number of ether oxygens (including phenoxy) is 2. The monoisotopic (exact) mass is 454 g/mol. The van der Waals surface area contributed by atoms with E-state index < -0.39 is 10.0 Å². The van der Waals surface area contributed by atoms with Gasteiger partial charge in [0, 0.05) is 24.3 Å². The lowest BCUT2D eigenvalue weighted by atomic mass is 10.1. The molecule has 0 unspecified atom stereocenters. The minimum atomic E-state index is -3.72. The molecular weight excluding hydrogens is 428 g/mol. The summed E-state index contributed by atoms with van der Waals surface area (Å²) in [5.41, 5.74) is 4.46. The van der Waals surface area contributed by atoms with E-state index in [4.69, 9.17) is 9.47 Å². The maximum atomic E-state index is 13.2. The first-order chi connectivity index (χ1) is 15.4. The average Bonchev–Trinajstić information content (AvgIpc) is 2.79. The van der Waals surface area contributed by atoms with E-state index in [1.807, 2.05) is 38.1 Å². The van der Waals surface area contributed by atoms with Crippen molar-refractivity contribution in [2.45, 2.75) is 18.7 Å². The van der Waals surface area contributed by atoms with Gasteiger partial charge in [0.25, 0.3) is 0 Å². The number of aryl methyl sites for hydroxylation is 2.